The summed E-state index contributed by atoms with van der Waals surface area (Å²) in [6, 6.07) is 11.1. The first-order chi connectivity index (χ1) is 15.6. The number of aromatic nitrogens is 2. The lowest BCUT2D eigenvalue weighted by Gasteiger charge is -2.04. The SMILES string of the molecule is O=C(CSCc1nc2sc3c(c2c(=O)[nH]1)CCC3)NCc1ccc(-c2ccc(Cl)cc2)o1. The van der Waals surface area contributed by atoms with Crippen molar-refractivity contribution < 1.29 is 9.21 Å². The van der Waals surface area contributed by atoms with E-state index < -0.39 is 0 Å². The van der Waals surface area contributed by atoms with E-state index in [1.165, 1.54) is 22.2 Å². The average molecular weight is 486 g/mol. The van der Waals surface area contributed by atoms with E-state index in [2.05, 4.69) is 15.3 Å². The first-order valence-corrected chi connectivity index (χ1v) is 12.6. The van der Waals surface area contributed by atoms with Crippen LogP contribution in [-0.4, -0.2) is 21.6 Å². The number of carbonyl (C=O) groups excluding carboxylic acids is 1. The minimum absolute atomic E-state index is 0.0660. The van der Waals surface area contributed by atoms with Crippen molar-refractivity contribution in [2.75, 3.05) is 5.75 Å². The summed E-state index contributed by atoms with van der Waals surface area (Å²) in [6.07, 6.45) is 3.12. The number of hydrogen-bond acceptors (Lipinski definition) is 6. The summed E-state index contributed by atoms with van der Waals surface area (Å²) in [5, 5.41) is 4.29. The zero-order valence-corrected chi connectivity index (χ0v) is 19.5. The number of carbonyl (C=O) groups is 1. The van der Waals surface area contributed by atoms with Crippen LogP contribution in [0.25, 0.3) is 21.5 Å². The van der Waals surface area contributed by atoms with Crippen molar-refractivity contribution in [3.05, 3.63) is 73.8 Å². The largest absolute Gasteiger partial charge is 0.459 e. The maximum Gasteiger partial charge on any atom is 0.259 e. The van der Waals surface area contributed by atoms with Crippen LogP contribution in [0.3, 0.4) is 0 Å². The van der Waals surface area contributed by atoms with Gasteiger partial charge in [0.25, 0.3) is 5.56 Å². The highest BCUT2D eigenvalue weighted by atomic mass is 35.5. The number of hydrogen-bond donors (Lipinski definition) is 2. The average Bonchev–Trinajstić information content (AvgIpc) is 3.49. The van der Waals surface area contributed by atoms with Crippen LogP contribution in [-0.2, 0) is 29.9 Å². The molecule has 3 aromatic heterocycles. The van der Waals surface area contributed by atoms with E-state index in [1.54, 1.807) is 11.3 Å². The van der Waals surface area contributed by atoms with Gasteiger partial charge in [0.15, 0.2) is 0 Å². The number of rotatable bonds is 7. The second-order valence-electron chi connectivity index (χ2n) is 7.59. The first kappa shape index (κ1) is 21.3. The number of H-pyrrole nitrogens is 1. The Morgan fingerprint density at radius 1 is 1.22 bits per heavy atom. The maximum atomic E-state index is 12.5. The van der Waals surface area contributed by atoms with Gasteiger partial charge in [-0.15, -0.1) is 23.1 Å². The van der Waals surface area contributed by atoms with Gasteiger partial charge in [-0.1, -0.05) is 11.6 Å². The van der Waals surface area contributed by atoms with E-state index in [9.17, 15) is 9.59 Å². The van der Waals surface area contributed by atoms with E-state index in [-0.39, 0.29) is 17.2 Å². The third kappa shape index (κ3) is 4.48. The van der Waals surface area contributed by atoms with Crippen LogP contribution in [0.1, 0.15) is 28.4 Å². The minimum Gasteiger partial charge on any atom is -0.459 e. The number of aromatic amines is 1. The maximum absolute atomic E-state index is 12.5. The van der Waals surface area contributed by atoms with E-state index in [4.69, 9.17) is 16.0 Å². The van der Waals surface area contributed by atoms with E-state index in [0.29, 0.717) is 28.9 Å². The molecule has 0 bridgehead atoms. The van der Waals surface area contributed by atoms with Crippen LogP contribution in [0.4, 0.5) is 0 Å². The standard InChI is InChI=1S/C23H20ClN3O3S2/c24-14-6-4-13(5-7-14)17-9-8-15(30-17)10-25-20(28)12-31-11-19-26-22(29)21-16-2-1-3-18(16)32-23(21)27-19/h4-9H,1-3,10-12H2,(H,25,28)(H,26,27,29). The number of furan rings is 1. The molecule has 9 heteroatoms. The van der Waals surface area contributed by atoms with E-state index in [1.807, 2.05) is 36.4 Å². The summed E-state index contributed by atoms with van der Waals surface area (Å²) in [4.78, 5) is 34.3. The lowest BCUT2D eigenvalue weighted by molar-refractivity contribution is -0.118. The highest BCUT2D eigenvalue weighted by Gasteiger charge is 2.21. The number of amides is 1. The van der Waals surface area contributed by atoms with Crippen LogP contribution in [0.2, 0.25) is 5.02 Å². The number of nitrogens with one attached hydrogen (secondary N) is 2. The monoisotopic (exact) mass is 485 g/mol. The fourth-order valence-electron chi connectivity index (χ4n) is 3.83. The van der Waals surface area contributed by atoms with Crippen molar-refractivity contribution in [3.63, 3.8) is 0 Å². The Morgan fingerprint density at radius 3 is 2.91 bits per heavy atom. The van der Waals surface area contributed by atoms with Gasteiger partial charge in [0, 0.05) is 15.5 Å². The molecule has 0 atom stereocenters. The van der Waals surface area contributed by atoms with Gasteiger partial charge in [-0.2, -0.15) is 0 Å². The molecule has 1 amide bonds. The summed E-state index contributed by atoms with van der Waals surface area (Å²) in [5.74, 6) is 2.66. The molecule has 1 aromatic carbocycles. The predicted molar refractivity (Wildman–Crippen MR) is 129 cm³/mol. The highest BCUT2D eigenvalue weighted by Crippen LogP contribution is 2.34. The molecule has 0 saturated heterocycles. The van der Waals surface area contributed by atoms with Gasteiger partial charge in [-0.05, 0) is 61.2 Å². The molecule has 2 N–H and O–H groups in total. The van der Waals surface area contributed by atoms with Crippen LogP contribution in [0.15, 0.2) is 45.6 Å². The van der Waals surface area contributed by atoms with Crippen LogP contribution in [0, 0.1) is 0 Å². The Hall–Kier alpha value is -2.55. The fraction of sp³-hybridized carbons (Fsp3) is 0.261. The molecule has 0 spiro atoms. The number of nitrogens with zero attached hydrogens (tertiary/aromatic N) is 1. The number of aryl methyl sites for hydroxylation is 2. The molecule has 0 radical (unpaired) electrons. The van der Waals surface area contributed by atoms with Gasteiger partial charge < -0.3 is 14.7 Å². The van der Waals surface area contributed by atoms with Gasteiger partial charge in [0.1, 0.15) is 22.2 Å². The normalized spacial score (nSPS) is 12.9. The Kier molecular flexibility index (Phi) is 6.08. The van der Waals surface area contributed by atoms with Crippen molar-refractivity contribution in [2.24, 2.45) is 0 Å². The molecule has 0 aliphatic heterocycles. The van der Waals surface area contributed by atoms with Gasteiger partial charge >= 0.3 is 0 Å². The van der Waals surface area contributed by atoms with Gasteiger partial charge in [-0.25, -0.2) is 4.98 Å². The Labute approximate surface area is 197 Å². The molecule has 0 saturated carbocycles. The quantitative estimate of drug-likeness (QED) is 0.387. The molecule has 32 heavy (non-hydrogen) atoms. The third-order valence-corrected chi connectivity index (χ3v) is 7.73. The summed E-state index contributed by atoms with van der Waals surface area (Å²) in [6.45, 7) is 0.314. The second kappa shape index (κ2) is 9.13. The molecule has 3 heterocycles. The van der Waals surface area contributed by atoms with Gasteiger partial charge in [0.2, 0.25) is 5.91 Å². The van der Waals surface area contributed by atoms with Crippen molar-refractivity contribution in [1.82, 2.24) is 15.3 Å². The first-order valence-electron chi connectivity index (χ1n) is 10.3. The fourth-order valence-corrected chi connectivity index (χ4v) is 5.96. The molecular formula is C23H20ClN3O3S2. The Balaban J connectivity index is 1.13. The van der Waals surface area contributed by atoms with Gasteiger partial charge in [-0.3, -0.25) is 9.59 Å². The topological polar surface area (TPSA) is 88.0 Å². The molecule has 1 aliphatic rings. The lowest BCUT2D eigenvalue weighted by Crippen LogP contribution is -2.24. The molecule has 6 nitrogen and oxygen atoms in total. The molecule has 5 rings (SSSR count). The van der Waals surface area contributed by atoms with Crippen LogP contribution >= 0.6 is 34.7 Å². The molecule has 0 fully saturated rings. The third-order valence-electron chi connectivity index (χ3n) is 5.35. The Morgan fingerprint density at radius 2 is 2.06 bits per heavy atom. The van der Waals surface area contributed by atoms with Crippen molar-refractivity contribution in [2.45, 2.75) is 31.6 Å². The summed E-state index contributed by atoms with van der Waals surface area (Å²) in [5.41, 5.74) is 2.04. The van der Waals surface area contributed by atoms with Crippen molar-refractivity contribution in [3.8, 4) is 11.3 Å². The molecule has 1 aliphatic carbocycles. The zero-order valence-electron chi connectivity index (χ0n) is 17.1. The summed E-state index contributed by atoms with van der Waals surface area (Å²) >= 11 is 8.96. The van der Waals surface area contributed by atoms with Crippen LogP contribution < -0.4 is 10.9 Å². The molecule has 164 valence electrons. The minimum atomic E-state index is -0.0991. The Bertz CT molecular complexity index is 1340. The molecular weight excluding hydrogens is 466 g/mol. The van der Waals surface area contributed by atoms with Crippen molar-refractivity contribution >= 4 is 50.8 Å². The summed E-state index contributed by atoms with van der Waals surface area (Å²) < 4.78 is 5.80. The smallest absolute Gasteiger partial charge is 0.259 e. The number of halogens is 1. The summed E-state index contributed by atoms with van der Waals surface area (Å²) in [7, 11) is 0. The second-order valence-corrected chi connectivity index (χ2v) is 10.1. The van der Waals surface area contributed by atoms with Gasteiger partial charge in [0.05, 0.1) is 23.4 Å². The van der Waals surface area contributed by atoms with E-state index >= 15 is 0 Å². The lowest BCUT2D eigenvalue weighted by atomic mass is 10.2. The number of benzene rings is 1. The number of fused-ring (bicyclic) bond motifs is 3. The number of thioether (sulfide) groups is 1. The molecule has 4 aromatic rings. The van der Waals surface area contributed by atoms with E-state index in [0.717, 1.165) is 40.8 Å². The molecule has 0 unspecified atom stereocenters. The highest BCUT2D eigenvalue weighted by molar-refractivity contribution is 7.99. The van der Waals surface area contributed by atoms with Crippen molar-refractivity contribution in [1.29, 1.82) is 0 Å². The zero-order chi connectivity index (χ0) is 22.1. The number of thiophene rings is 1. The van der Waals surface area contributed by atoms with Crippen LogP contribution in [0.5, 0.6) is 0 Å². The predicted octanol–water partition coefficient (Wildman–Crippen LogP) is 4.94.